The van der Waals surface area contributed by atoms with Crippen LogP contribution in [0.1, 0.15) is 83.1 Å². The van der Waals surface area contributed by atoms with Gasteiger partial charge >= 0.3 is 71.6 Å². The molecular formula is C40H60B3Br2ClI3N2O12S3-. The molecule has 26 heteroatoms. The van der Waals surface area contributed by atoms with Crippen LogP contribution in [0.5, 0.6) is 0 Å². The van der Waals surface area contributed by atoms with E-state index in [1.54, 1.807) is 60.7 Å². The summed E-state index contributed by atoms with van der Waals surface area (Å²) in [4.78, 5) is 0.677. The first-order valence-corrected chi connectivity index (χ1v) is 39.4. The Labute approximate surface area is 446 Å². The molecule has 0 aromatic heterocycles. The largest absolute Gasteiger partial charge is 0.261 e. The summed E-state index contributed by atoms with van der Waals surface area (Å²) in [5.74, 6) is 0. The van der Waals surface area contributed by atoms with Crippen molar-refractivity contribution in [1.82, 2.24) is 8.61 Å². The van der Waals surface area contributed by atoms with Gasteiger partial charge in [-0.25, -0.2) is 33.9 Å². The maximum Gasteiger partial charge on any atom is 0.261 e. The molecule has 0 atom stereocenters. The fraction of sp³-hybridized carbons (Fsp3) is 0.550. The molecule has 3 aliphatic rings. The predicted molar refractivity (Wildman–Crippen MR) is 285 cm³/mol. The van der Waals surface area contributed by atoms with Gasteiger partial charge in [0.05, 0.1) is 48.3 Å². The van der Waals surface area contributed by atoms with Gasteiger partial charge in [-0.05, 0) is 149 Å². The fourth-order valence-electron chi connectivity index (χ4n) is 5.40. The van der Waals surface area contributed by atoms with E-state index in [9.17, 15) is 25.3 Å². The number of benzene rings is 3. The summed E-state index contributed by atoms with van der Waals surface area (Å²) in [5.41, 5.74) is -1.45. The van der Waals surface area contributed by atoms with E-state index in [4.69, 9.17) is 38.6 Å². The Morgan fingerprint density at radius 1 is 0.470 bits per heavy atom. The van der Waals surface area contributed by atoms with Crippen molar-refractivity contribution in [2.45, 2.75) is 131 Å². The first-order chi connectivity index (χ1) is 29.7. The van der Waals surface area contributed by atoms with Crippen LogP contribution in [0.2, 0.25) is 0 Å². The van der Waals surface area contributed by atoms with Gasteiger partial charge in [-0.2, -0.15) is 0 Å². The minimum atomic E-state index is -3.57. The average molecular weight is 1470 g/mol. The molecule has 0 bridgehead atoms. The summed E-state index contributed by atoms with van der Waals surface area (Å²) in [5, 5.41) is 0. The number of hydrogen-bond donors (Lipinski definition) is 0. The first-order valence-electron chi connectivity index (χ1n) is 20.1. The Balaban J connectivity index is 0.000000304. The van der Waals surface area contributed by atoms with E-state index < -0.39 is 61.4 Å². The normalized spacial score (nSPS) is 20.0. The van der Waals surface area contributed by atoms with Crippen molar-refractivity contribution >= 4 is 135 Å². The number of halogens is 6. The van der Waals surface area contributed by atoms with Crippen molar-refractivity contribution in [3.05, 3.63) is 81.7 Å². The van der Waals surface area contributed by atoms with E-state index >= 15 is 0 Å². The van der Waals surface area contributed by atoms with E-state index in [1.165, 1.54) is 48.9 Å². The molecule has 3 aliphatic heterocycles. The molecule has 0 spiro atoms. The van der Waals surface area contributed by atoms with Crippen LogP contribution < -0.4 is 18.7 Å². The Hall–Kier alpha value is 0.825. The summed E-state index contributed by atoms with van der Waals surface area (Å²) in [6, 6.07) is 19.3. The molecule has 3 aromatic carbocycles. The minimum Gasteiger partial charge on any atom is -0.207 e. The smallest absolute Gasteiger partial charge is 0.207 e. The second-order valence-electron chi connectivity index (χ2n) is 18.4. The van der Waals surface area contributed by atoms with E-state index in [-0.39, 0.29) is 32.2 Å². The number of hydrogen-bond acceptors (Lipinski definition) is 12. The Kier molecular flexibility index (Phi) is 23.1. The van der Waals surface area contributed by atoms with Gasteiger partial charge in [0.25, 0.3) is 9.05 Å². The van der Waals surface area contributed by atoms with Crippen LogP contribution in [0.4, 0.5) is 0 Å². The summed E-state index contributed by atoms with van der Waals surface area (Å²) in [7, 11) is -0.580. The number of sulfonamides is 2. The average Bonchev–Trinajstić information content (AvgIpc) is 3.65. The van der Waals surface area contributed by atoms with Crippen LogP contribution in [-0.4, -0.2) is 117 Å². The second-order valence-corrected chi connectivity index (χ2v) is 43.3. The molecule has 0 radical (unpaired) electrons. The van der Waals surface area contributed by atoms with Crippen LogP contribution in [0.25, 0.3) is 0 Å². The van der Waals surface area contributed by atoms with Gasteiger partial charge in [-0.15, -0.1) is 0 Å². The second kappa shape index (κ2) is 24.2. The van der Waals surface area contributed by atoms with Crippen molar-refractivity contribution in [2.24, 2.45) is 0 Å². The predicted octanol–water partition coefficient (Wildman–Crippen LogP) is 6.34. The summed E-state index contributed by atoms with van der Waals surface area (Å²) >= 11 is 11.7. The summed E-state index contributed by atoms with van der Waals surface area (Å²) in [6.45, 7) is 24.1. The molecule has 3 saturated heterocycles. The zero-order valence-electron chi connectivity index (χ0n) is 39.9. The zero-order chi connectivity index (χ0) is 51.3. The number of rotatable bonds is 7. The van der Waals surface area contributed by atoms with E-state index in [2.05, 4.69) is 69.1 Å². The van der Waals surface area contributed by atoms with Gasteiger partial charge in [0, 0.05) is 47.8 Å². The summed E-state index contributed by atoms with van der Waals surface area (Å²) in [6.07, 6.45) is 0. The Bertz CT molecular complexity index is 2320. The molecule has 3 heterocycles. The van der Waals surface area contributed by atoms with Gasteiger partial charge in [0.1, 0.15) is 0 Å². The van der Waals surface area contributed by atoms with Crippen LogP contribution in [0.15, 0.2) is 96.4 Å². The molecule has 66 heavy (non-hydrogen) atoms. The molecule has 14 nitrogen and oxygen atoms in total. The zero-order valence-corrected chi connectivity index (χ0v) is 52.8. The molecular weight excluding hydrogens is 1410 g/mol. The van der Waals surface area contributed by atoms with Crippen molar-refractivity contribution in [3.63, 3.8) is 0 Å². The quantitative estimate of drug-likeness (QED) is 0.147. The van der Waals surface area contributed by atoms with Crippen LogP contribution in [-0.2, 0) is 57.0 Å². The molecule has 0 aliphatic carbocycles. The summed E-state index contributed by atoms with van der Waals surface area (Å²) < 4.78 is 108. The van der Waals surface area contributed by atoms with Crippen molar-refractivity contribution in [3.8, 4) is 0 Å². The molecule has 0 unspecified atom stereocenters. The topological polar surface area (TPSA) is 164 Å². The van der Waals surface area contributed by atoms with Gasteiger partial charge in [-0.3, -0.25) is 0 Å². The third-order valence-electron chi connectivity index (χ3n) is 11.6. The molecule has 6 rings (SSSR count). The van der Waals surface area contributed by atoms with Gasteiger partial charge in [0.15, 0.2) is 0 Å². The Morgan fingerprint density at radius 3 is 0.939 bits per heavy atom. The molecule has 0 saturated carbocycles. The van der Waals surface area contributed by atoms with Crippen LogP contribution in [0, 0.1) is 0 Å². The fourth-order valence-corrected chi connectivity index (χ4v) is 8.50. The van der Waals surface area contributed by atoms with Crippen LogP contribution >= 0.6 is 79.8 Å². The van der Waals surface area contributed by atoms with Gasteiger partial charge in [-0.1, -0.05) is 44.0 Å². The van der Waals surface area contributed by atoms with Gasteiger partial charge in [0.2, 0.25) is 20.0 Å². The maximum atomic E-state index is 12.0. The molecule has 0 amide bonds. The van der Waals surface area contributed by atoms with Crippen molar-refractivity contribution in [1.29, 1.82) is 0 Å². The number of nitrogens with zero attached hydrogens (tertiary/aromatic N) is 2. The standard InChI is InChI=1S/C14H22BNO4S.C12H24B2O4.C8H10BrNO2S.C6H4BrClO2S.I3/c1-13(2)14(3,4)20-15(19-13)11-7-9-12(10-8-11)21(17,18)16(5)6;1-9(2)10(3,4)16-13(15-9)14-17-11(5,6)12(7,8)18-14;1-10(2)13(11,12)8-5-3-7(9)4-6-8;7-5-1-3-6(4-2-5)11(8,9)10;1-3-2/h7-10H,1-6H3;1-8H3;3-6H,1-2H3;1-4H;/q;;;;-1. The van der Waals surface area contributed by atoms with Gasteiger partial charge < -0.3 is 27.9 Å². The third kappa shape index (κ3) is 16.7. The van der Waals surface area contributed by atoms with E-state index in [0.29, 0.717) is 18.2 Å². The van der Waals surface area contributed by atoms with Crippen LogP contribution in [0.3, 0.4) is 0 Å². The molecule has 372 valence electrons. The first kappa shape index (κ1) is 62.9. The molecule has 3 fully saturated rings. The van der Waals surface area contributed by atoms with E-state index in [0.717, 1.165) is 14.4 Å². The third-order valence-corrected chi connectivity index (χ3v) is 17.7. The monoisotopic (exact) mass is 1460 g/mol. The molecule has 3 aromatic rings. The molecule has 0 N–H and O–H groups in total. The minimum absolute atomic E-state index is 0.113. The SMILES string of the molecule is CC1(C)OB(B2OC(C)(C)C(C)(C)O2)OC1(C)C.CN(C)S(=O)(=O)c1ccc(B2OC(C)(C)C(C)(C)O2)cc1.CN(C)S(=O)(=O)c1ccc(Br)cc1.I[I-]I.O=S(=O)(Cl)c1ccc(Br)cc1. The maximum absolute atomic E-state index is 12.0. The van der Waals surface area contributed by atoms with E-state index in [1.807, 2.05) is 83.1 Å². The van der Waals surface area contributed by atoms with Crippen molar-refractivity contribution in [2.75, 3.05) is 28.2 Å². The van der Waals surface area contributed by atoms with Crippen molar-refractivity contribution < 1.29 is 66.4 Å². The Morgan fingerprint density at radius 2 is 0.697 bits per heavy atom.